The van der Waals surface area contributed by atoms with Crippen molar-refractivity contribution in [3.8, 4) is 0 Å². The first kappa shape index (κ1) is 20.5. The third kappa shape index (κ3) is 7.48. The van der Waals surface area contributed by atoms with E-state index in [-0.39, 0.29) is 13.0 Å². The van der Waals surface area contributed by atoms with E-state index in [1.807, 2.05) is 18.7 Å². The third-order valence-electron chi connectivity index (χ3n) is 3.00. The number of nitrogens with zero attached hydrogens (tertiary/aromatic N) is 1. The van der Waals surface area contributed by atoms with Crippen LogP contribution in [0.5, 0.6) is 0 Å². The first-order valence-electron chi connectivity index (χ1n) is 7.36. The molecule has 22 heavy (non-hydrogen) atoms. The molecule has 8 heteroatoms. The molecule has 0 fully saturated rings. The predicted octanol–water partition coefficient (Wildman–Crippen LogP) is -0.537. The Balaban J connectivity index is 4.25. The lowest BCUT2D eigenvalue weighted by Crippen LogP contribution is -2.43. The van der Waals surface area contributed by atoms with E-state index in [9.17, 15) is 24.6 Å². The second kappa shape index (κ2) is 11.1. The zero-order valence-electron chi connectivity index (χ0n) is 13.3. The molecule has 0 saturated heterocycles. The van der Waals surface area contributed by atoms with E-state index in [0.29, 0.717) is 13.0 Å². The van der Waals surface area contributed by atoms with Crippen LogP contribution in [0.3, 0.4) is 0 Å². The molecule has 0 aromatic rings. The second-order valence-electron chi connectivity index (χ2n) is 4.63. The number of esters is 3. The van der Waals surface area contributed by atoms with E-state index in [0.717, 1.165) is 13.1 Å². The van der Waals surface area contributed by atoms with E-state index in [4.69, 9.17) is 4.74 Å². The van der Waals surface area contributed by atoms with Gasteiger partial charge in [0, 0.05) is 13.0 Å². The molecular weight excluding hydrogens is 294 g/mol. The third-order valence-corrected chi connectivity index (χ3v) is 3.00. The van der Waals surface area contributed by atoms with Crippen molar-refractivity contribution in [2.75, 3.05) is 26.2 Å². The molecule has 0 saturated carbocycles. The summed E-state index contributed by atoms with van der Waals surface area (Å²) in [6, 6.07) is 0. The summed E-state index contributed by atoms with van der Waals surface area (Å²) < 4.78 is 9.08. The number of aliphatic hydroxyl groups excluding tert-OH is 2. The van der Waals surface area contributed by atoms with Crippen LogP contribution in [-0.2, 0) is 23.9 Å². The van der Waals surface area contributed by atoms with Crippen LogP contribution in [0.4, 0.5) is 0 Å². The SMILES string of the molecule is CCCC(=O)OC(=O)C(O)C(O)C(=O)OCCN(CC)CC. The topological polar surface area (TPSA) is 113 Å². The lowest BCUT2D eigenvalue weighted by molar-refractivity contribution is -0.177. The molecule has 0 aliphatic carbocycles. The van der Waals surface area contributed by atoms with Crippen LogP contribution in [0.1, 0.15) is 33.6 Å². The minimum atomic E-state index is -2.15. The molecule has 0 bridgehead atoms. The molecule has 0 radical (unpaired) electrons. The molecule has 0 aliphatic heterocycles. The number of hydrogen-bond acceptors (Lipinski definition) is 8. The quantitative estimate of drug-likeness (QED) is 0.408. The van der Waals surface area contributed by atoms with E-state index in [2.05, 4.69) is 4.74 Å². The van der Waals surface area contributed by atoms with Gasteiger partial charge in [-0.1, -0.05) is 20.8 Å². The largest absolute Gasteiger partial charge is 0.462 e. The van der Waals surface area contributed by atoms with Crippen LogP contribution in [0, 0.1) is 0 Å². The first-order chi connectivity index (χ1) is 10.4. The van der Waals surface area contributed by atoms with E-state index >= 15 is 0 Å². The summed E-state index contributed by atoms with van der Waals surface area (Å²) >= 11 is 0. The van der Waals surface area contributed by atoms with Gasteiger partial charge in [-0.2, -0.15) is 0 Å². The highest BCUT2D eigenvalue weighted by atomic mass is 16.6. The molecular formula is C14H25NO7. The Labute approximate surface area is 130 Å². The Morgan fingerprint density at radius 2 is 1.55 bits per heavy atom. The van der Waals surface area contributed by atoms with Gasteiger partial charge in [0.15, 0.2) is 12.2 Å². The summed E-state index contributed by atoms with van der Waals surface area (Å²) in [5.74, 6) is -3.33. The maximum atomic E-state index is 11.5. The average Bonchev–Trinajstić information content (AvgIpc) is 2.49. The maximum absolute atomic E-state index is 11.5. The summed E-state index contributed by atoms with van der Waals surface area (Å²) in [6.07, 6.45) is -3.76. The first-order valence-corrected chi connectivity index (χ1v) is 7.36. The lowest BCUT2D eigenvalue weighted by atomic mass is 10.2. The van der Waals surface area contributed by atoms with Gasteiger partial charge in [-0.3, -0.25) is 4.79 Å². The molecule has 0 aromatic heterocycles. The average molecular weight is 319 g/mol. The summed E-state index contributed by atoms with van der Waals surface area (Å²) in [6.45, 7) is 7.68. The monoisotopic (exact) mass is 319 g/mol. The number of hydrogen-bond donors (Lipinski definition) is 2. The van der Waals surface area contributed by atoms with E-state index < -0.39 is 30.1 Å². The van der Waals surface area contributed by atoms with Gasteiger partial charge in [-0.25, -0.2) is 9.59 Å². The molecule has 0 heterocycles. The van der Waals surface area contributed by atoms with Gasteiger partial charge >= 0.3 is 17.9 Å². The van der Waals surface area contributed by atoms with E-state index in [1.165, 1.54) is 0 Å². The zero-order chi connectivity index (χ0) is 17.1. The molecule has 2 N–H and O–H groups in total. The van der Waals surface area contributed by atoms with Crippen molar-refractivity contribution in [2.24, 2.45) is 0 Å². The van der Waals surface area contributed by atoms with Gasteiger partial charge in [0.2, 0.25) is 0 Å². The van der Waals surface area contributed by atoms with Crippen molar-refractivity contribution in [2.45, 2.75) is 45.8 Å². The molecule has 0 aliphatic rings. The smallest absolute Gasteiger partial charge is 0.346 e. The summed E-state index contributed by atoms with van der Waals surface area (Å²) in [4.78, 5) is 36.0. The normalized spacial score (nSPS) is 13.5. The van der Waals surface area contributed by atoms with Crippen LogP contribution in [0.2, 0.25) is 0 Å². The number of likely N-dealkylation sites (N-methyl/N-ethyl adjacent to an activating group) is 1. The molecule has 128 valence electrons. The second-order valence-corrected chi connectivity index (χ2v) is 4.63. The van der Waals surface area contributed by atoms with E-state index in [1.54, 1.807) is 6.92 Å². The molecule has 8 nitrogen and oxygen atoms in total. The van der Waals surface area contributed by atoms with Crippen LogP contribution >= 0.6 is 0 Å². The highest BCUT2D eigenvalue weighted by Gasteiger charge is 2.34. The summed E-state index contributed by atoms with van der Waals surface area (Å²) in [5, 5.41) is 19.0. The zero-order valence-corrected chi connectivity index (χ0v) is 13.3. The minimum absolute atomic E-state index is 0.00285. The fourth-order valence-electron chi connectivity index (χ4n) is 1.59. The Morgan fingerprint density at radius 1 is 1.00 bits per heavy atom. The fourth-order valence-corrected chi connectivity index (χ4v) is 1.59. The van der Waals surface area contributed by atoms with Gasteiger partial charge in [-0.15, -0.1) is 0 Å². The molecule has 0 amide bonds. The predicted molar refractivity (Wildman–Crippen MR) is 76.8 cm³/mol. The van der Waals surface area contributed by atoms with Crippen molar-refractivity contribution in [1.82, 2.24) is 4.90 Å². The van der Waals surface area contributed by atoms with Crippen LogP contribution in [0.25, 0.3) is 0 Å². The van der Waals surface area contributed by atoms with Crippen LogP contribution in [0.15, 0.2) is 0 Å². The van der Waals surface area contributed by atoms with Crippen molar-refractivity contribution in [3.05, 3.63) is 0 Å². The minimum Gasteiger partial charge on any atom is -0.462 e. The Morgan fingerprint density at radius 3 is 2.05 bits per heavy atom. The number of rotatable bonds is 10. The number of carbonyl (C=O) groups is 3. The lowest BCUT2D eigenvalue weighted by Gasteiger charge is -2.19. The summed E-state index contributed by atoms with van der Waals surface area (Å²) in [7, 11) is 0. The van der Waals surface area contributed by atoms with Gasteiger partial charge in [0.05, 0.1) is 0 Å². The van der Waals surface area contributed by atoms with Crippen LogP contribution < -0.4 is 0 Å². The van der Waals surface area contributed by atoms with Crippen molar-refractivity contribution >= 4 is 17.9 Å². The van der Waals surface area contributed by atoms with Crippen molar-refractivity contribution in [3.63, 3.8) is 0 Å². The number of ether oxygens (including phenoxy) is 2. The highest BCUT2D eigenvalue weighted by molar-refractivity contribution is 5.91. The number of carbonyl (C=O) groups excluding carboxylic acids is 3. The van der Waals surface area contributed by atoms with Crippen molar-refractivity contribution in [1.29, 1.82) is 0 Å². The Bertz CT molecular complexity index is 368. The summed E-state index contributed by atoms with van der Waals surface area (Å²) in [5.41, 5.74) is 0. The van der Waals surface area contributed by atoms with Gasteiger partial charge in [0.1, 0.15) is 6.61 Å². The molecule has 0 spiro atoms. The molecule has 2 atom stereocenters. The Hall–Kier alpha value is -1.51. The van der Waals surface area contributed by atoms with Gasteiger partial charge in [-0.05, 0) is 19.5 Å². The van der Waals surface area contributed by atoms with Crippen LogP contribution in [-0.4, -0.2) is 71.5 Å². The van der Waals surface area contributed by atoms with Crippen molar-refractivity contribution < 1.29 is 34.1 Å². The van der Waals surface area contributed by atoms with Gasteiger partial charge in [0.25, 0.3) is 0 Å². The molecule has 0 rings (SSSR count). The molecule has 2 unspecified atom stereocenters. The molecule has 0 aromatic carbocycles. The highest BCUT2D eigenvalue weighted by Crippen LogP contribution is 2.02. The Kier molecular flexibility index (Phi) is 10.3. The number of aliphatic hydroxyl groups is 2. The fraction of sp³-hybridized carbons (Fsp3) is 0.786. The maximum Gasteiger partial charge on any atom is 0.346 e. The van der Waals surface area contributed by atoms with Gasteiger partial charge < -0.3 is 24.6 Å². The standard InChI is InChI=1S/C14H25NO7/c1-4-7-10(16)22-14(20)12(18)11(17)13(19)21-9-8-15(5-2)6-3/h11-12,17-18H,4-9H2,1-3H3.